The fourth-order valence-electron chi connectivity index (χ4n) is 5.64. The lowest BCUT2D eigenvalue weighted by atomic mass is 9.49. The first-order chi connectivity index (χ1) is 9.38. The SMILES string of the molecule is CC1(C)C(=O)N(CC23CC4CC(CC(C4)C2)C3)N=C1N. The van der Waals surface area contributed by atoms with Gasteiger partial charge in [-0.3, -0.25) is 4.79 Å². The molecule has 0 aromatic carbocycles. The number of carbonyl (C=O) groups is 1. The zero-order valence-electron chi connectivity index (χ0n) is 12.6. The van der Waals surface area contributed by atoms with E-state index in [4.69, 9.17) is 5.73 Å². The second-order valence-corrected chi connectivity index (χ2v) is 8.39. The van der Waals surface area contributed by atoms with Crippen LogP contribution in [-0.4, -0.2) is 23.3 Å². The third-order valence-corrected chi connectivity index (χ3v) is 6.29. The van der Waals surface area contributed by atoms with Gasteiger partial charge in [-0.25, -0.2) is 5.01 Å². The van der Waals surface area contributed by atoms with Crippen LogP contribution in [0.15, 0.2) is 5.10 Å². The average molecular weight is 275 g/mol. The van der Waals surface area contributed by atoms with Gasteiger partial charge in [0.25, 0.3) is 5.91 Å². The van der Waals surface area contributed by atoms with E-state index >= 15 is 0 Å². The average Bonchev–Trinajstić information content (AvgIpc) is 2.51. The van der Waals surface area contributed by atoms with E-state index in [1.165, 1.54) is 38.5 Å². The van der Waals surface area contributed by atoms with Crippen LogP contribution in [0.25, 0.3) is 0 Å². The summed E-state index contributed by atoms with van der Waals surface area (Å²) in [6.07, 6.45) is 8.22. The normalized spacial score (nSPS) is 45.1. The van der Waals surface area contributed by atoms with Crippen molar-refractivity contribution in [2.75, 3.05) is 6.54 Å². The van der Waals surface area contributed by atoms with Crippen molar-refractivity contribution in [1.82, 2.24) is 5.01 Å². The zero-order chi connectivity index (χ0) is 14.1. The molecule has 4 aliphatic carbocycles. The topological polar surface area (TPSA) is 58.7 Å². The smallest absolute Gasteiger partial charge is 0.256 e. The van der Waals surface area contributed by atoms with Gasteiger partial charge in [-0.1, -0.05) is 0 Å². The number of rotatable bonds is 2. The molecule has 20 heavy (non-hydrogen) atoms. The molecular formula is C16H25N3O. The third-order valence-electron chi connectivity index (χ3n) is 6.29. The van der Waals surface area contributed by atoms with Crippen LogP contribution in [0, 0.1) is 28.6 Å². The Balaban J connectivity index is 1.57. The van der Waals surface area contributed by atoms with Crippen LogP contribution in [0.3, 0.4) is 0 Å². The molecule has 0 unspecified atom stereocenters. The number of carbonyl (C=O) groups excluding carboxylic acids is 1. The van der Waals surface area contributed by atoms with E-state index in [9.17, 15) is 4.79 Å². The summed E-state index contributed by atoms with van der Waals surface area (Å²) >= 11 is 0. The molecule has 4 bridgehead atoms. The van der Waals surface area contributed by atoms with Gasteiger partial charge in [-0.15, -0.1) is 0 Å². The summed E-state index contributed by atoms with van der Waals surface area (Å²) < 4.78 is 0. The number of amides is 1. The summed E-state index contributed by atoms with van der Waals surface area (Å²) in [7, 11) is 0. The van der Waals surface area contributed by atoms with Gasteiger partial charge in [0.1, 0.15) is 11.3 Å². The van der Waals surface area contributed by atoms with Gasteiger partial charge in [-0.05, 0) is 75.5 Å². The van der Waals surface area contributed by atoms with Crippen molar-refractivity contribution in [2.24, 2.45) is 39.4 Å². The van der Waals surface area contributed by atoms with E-state index in [0.717, 1.165) is 24.3 Å². The zero-order valence-corrected chi connectivity index (χ0v) is 12.6. The van der Waals surface area contributed by atoms with E-state index in [-0.39, 0.29) is 5.91 Å². The van der Waals surface area contributed by atoms with Gasteiger partial charge in [-0.2, -0.15) is 5.10 Å². The molecule has 110 valence electrons. The molecular weight excluding hydrogens is 250 g/mol. The molecule has 4 saturated carbocycles. The number of nitrogens with two attached hydrogens (primary N) is 1. The lowest BCUT2D eigenvalue weighted by Crippen LogP contribution is -2.51. The fraction of sp³-hybridized carbons (Fsp3) is 0.875. The molecule has 4 nitrogen and oxygen atoms in total. The van der Waals surface area contributed by atoms with Gasteiger partial charge < -0.3 is 5.73 Å². The molecule has 4 fully saturated rings. The molecule has 0 saturated heterocycles. The van der Waals surface area contributed by atoms with E-state index in [2.05, 4.69) is 5.10 Å². The lowest BCUT2D eigenvalue weighted by molar-refractivity contribution is -0.140. The fourth-order valence-corrected chi connectivity index (χ4v) is 5.64. The molecule has 1 heterocycles. The summed E-state index contributed by atoms with van der Waals surface area (Å²) in [4.78, 5) is 12.5. The number of hydrogen-bond donors (Lipinski definition) is 1. The molecule has 0 aromatic rings. The maximum Gasteiger partial charge on any atom is 0.256 e. The van der Waals surface area contributed by atoms with Crippen molar-refractivity contribution in [1.29, 1.82) is 0 Å². The maximum absolute atomic E-state index is 12.5. The van der Waals surface area contributed by atoms with Gasteiger partial charge in [0.2, 0.25) is 0 Å². The summed E-state index contributed by atoms with van der Waals surface area (Å²) in [6, 6.07) is 0. The molecule has 4 heteroatoms. The molecule has 0 spiro atoms. The standard InChI is InChI=1S/C16H25N3O/c1-15(2)13(17)18-19(14(15)20)9-16-6-10-3-11(7-16)5-12(4-10)8-16/h10-12H,3-9H2,1-2H3,(H2,17,18). The van der Waals surface area contributed by atoms with E-state index in [0.29, 0.717) is 11.3 Å². The van der Waals surface area contributed by atoms with Crippen LogP contribution in [-0.2, 0) is 4.79 Å². The molecule has 0 aromatic heterocycles. The minimum Gasteiger partial charge on any atom is -0.385 e. The Morgan fingerprint density at radius 3 is 2.05 bits per heavy atom. The number of hydrogen-bond acceptors (Lipinski definition) is 3. The van der Waals surface area contributed by atoms with Crippen LogP contribution >= 0.6 is 0 Å². The first-order valence-corrected chi connectivity index (χ1v) is 8.04. The minimum atomic E-state index is -0.609. The third kappa shape index (κ3) is 1.66. The minimum absolute atomic E-state index is 0.0887. The quantitative estimate of drug-likeness (QED) is 0.841. The Bertz CT molecular complexity index is 459. The van der Waals surface area contributed by atoms with Gasteiger partial charge in [0, 0.05) is 0 Å². The van der Waals surface area contributed by atoms with E-state index < -0.39 is 5.41 Å². The van der Waals surface area contributed by atoms with Crippen molar-refractivity contribution in [2.45, 2.75) is 52.4 Å². The van der Waals surface area contributed by atoms with Crippen LogP contribution in [0.1, 0.15) is 52.4 Å². The molecule has 1 aliphatic heterocycles. The van der Waals surface area contributed by atoms with Crippen molar-refractivity contribution < 1.29 is 4.79 Å². The van der Waals surface area contributed by atoms with Crippen LogP contribution in [0.2, 0.25) is 0 Å². The first kappa shape index (κ1) is 12.7. The van der Waals surface area contributed by atoms with Crippen molar-refractivity contribution >= 4 is 11.7 Å². The first-order valence-electron chi connectivity index (χ1n) is 8.04. The summed E-state index contributed by atoms with van der Waals surface area (Å²) in [5, 5.41) is 6.07. The predicted molar refractivity (Wildman–Crippen MR) is 77.7 cm³/mol. The second kappa shape index (κ2) is 3.77. The van der Waals surface area contributed by atoms with Gasteiger partial charge >= 0.3 is 0 Å². The van der Waals surface area contributed by atoms with Crippen LogP contribution in [0.5, 0.6) is 0 Å². The van der Waals surface area contributed by atoms with Gasteiger partial charge in [0.05, 0.1) is 6.54 Å². The highest BCUT2D eigenvalue weighted by atomic mass is 16.2. The Kier molecular flexibility index (Phi) is 2.39. The largest absolute Gasteiger partial charge is 0.385 e. The summed E-state index contributed by atoms with van der Waals surface area (Å²) in [5.74, 6) is 3.30. The molecule has 5 rings (SSSR count). The van der Waals surface area contributed by atoms with Crippen LogP contribution < -0.4 is 5.73 Å². The Labute approximate surface area is 120 Å². The second-order valence-electron chi connectivity index (χ2n) is 8.39. The molecule has 5 aliphatic rings. The van der Waals surface area contributed by atoms with E-state index in [1.54, 1.807) is 5.01 Å². The molecule has 1 amide bonds. The monoisotopic (exact) mass is 275 g/mol. The molecule has 0 radical (unpaired) electrons. The van der Waals surface area contributed by atoms with Crippen molar-refractivity contribution in [3.05, 3.63) is 0 Å². The number of nitrogens with zero attached hydrogens (tertiary/aromatic N) is 2. The highest BCUT2D eigenvalue weighted by Gasteiger charge is 2.53. The number of hydrazone groups is 1. The van der Waals surface area contributed by atoms with Crippen molar-refractivity contribution in [3.8, 4) is 0 Å². The number of amidine groups is 1. The molecule has 2 N–H and O–H groups in total. The maximum atomic E-state index is 12.5. The Morgan fingerprint density at radius 2 is 1.65 bits per heavy atom. The predicted octanol–water partition coefficient (Wildman–Crippen LogP) is 2.34. The Hall–Kier alpha value is -1.06. The Morgan fingerprint density at radius 1 is 1.15 bits per heavy atom. The van der Waals surface area contributed by atoms with E-state index in [1.807, 2.05) is 13.8 Å². The molecule has 0 atom stereocenters. The van der Waals surface area contributed by atoms with Crippen LogP contribution in [0.4, 0.5) is 0 Å². The summed E-state index contributed by atoms with van der Waals surface area (Å²) in [6.45, 7) is 4.57. The summed E-state index contributed by atoms with van der Waals surface area (Å²) in [5.41, 5.74) is 5.68. The highest BCUT2D eigenvalue weighted by molar-refractivity contribution is 6.09. The van der Waals surface area contributed by atoms with Gasteiger partial charge in [0.15, 0.2) is 0 Å². The highest BCUT2D eigenvalue weighted by Crippen LogP contribution is 2.60. The van der Waals surface area contributed by atoms with Crippen molar-refractivity contribution in [3.63, 3.8) is 0 Å². The lowest BCUT2D eigenvalue weighted by Gasteiger charge is -2.57.